The minimum atomic E-state index is -0.783. The van der Waals surface area contributed by atoms with Gasteiger partial charge in [-0.1, -0.05) is 71.5 Å². The molecule has 0 saturated heterocycles. The van der Waals surface area contributed by atoms with Crippen LogP contribution in [0.25, 0.3) is 0 Å². The van der Waals surface area contributed by atoms with E-state index in [1.165, 1.54) is 13.8 Å². The highest BCUT2D eigenvalue weighted by molar-refractivity contribution is 6.62. The second-order valence-electron chi connectivity index (χ2n) is 9.18. The fourth-order valence-corrected chi connectivity index (χ4v) is 4.34. The lowest BCUT2D eigenvalue weighted by molar-refractivity contribution is 0.275. The number of hydrogen-bond donors (Lipinski definition) is 2. The van der Waals surface area contributed by atoms with Crippen LogP contribution in [-0.2, 0) is 22.5 Å². The summed E-state index contributed by atoms with van der Waals surface area (Å²) < 4.78 is 10.4. The molecule has 2 aliphatic rings. The Kier molecular flexibility index (Phi) is 21.3. The topological polar surface area (TPSA) is 126 Å². The number of nitrogens with zero attached hydrogens (tertiary/aromatic N) is 5. The zero-order valence-electron chi connectivity index (χ0n) is 28.2. The number of benzene rings is 3. The summed E-state index contributed by atoms with van der Waals surface area (Å²) in [5, 5.41) is 33.8. The van der Waals surface area contributed by atoms with Gasteiger partial charge in [0.1, 0.15) is 5.82 Å². The number of rotatable bonds is 4. The third-order valence-electron chi connectivity index (χ3n) is 6.49. The molecule has 248 valence electrons. The lowest BCUT2D eigenvalue weighted by Gasteiger charge is -2.20. The van der Waals surface area contributed by atoms with Crippen LogP contribution in [0.4, 0.5) is 22.9 Å². The van der Waals surface area contributed by atoms with E-state index in [1.807, 2.05) is 113 Å². The molecule has 0 spiro atoms. The lowest BCUT2D eigenvalue weighted by atomic mass is 9.79. The predicted octanol–water partition coefficient (Wildman–Crippen LogP) is 6.49. The Bertz CT molecular complexity index is 1400. The molecule has 2 aliphatic heterocycles. The van der Waals surface area contributed by atoms with E-state index < -0.39 is 14.2 Å². The van der Waals surface area contributed by atoms with E-state index in [4.69, 9.17) is 19.8 Å². The first-order valence-electron chi connectivity index (χ1n) is 15.2. The third kappa shape index (κ3) is 12.6. The minimum Gasteiger partial charge on any atom is -0.423 e. The molecule has 1 aromatic heterocycles. The maximum Gasteiger partial charge on any atom is 0.491 e. The van der Waals surface area contributed by atoms with Gasteiger partial charge in [-0.3, -0.25) is 0 Å². The van der Waals surface area contributed by atoms with E-state index >= 15 is 0 Å². The van der Waals surface area contributed by atoms with Gasteiger partial charge in [0.25, 0.3) is 0 Å². The largest absolute Gasteiger partial charge is 0.491 e. The molecule has 2 N–H and O–H groups in total. The van der Waals surface area contributed by atoms with E-state index in [9.17, 15) is 10.0 Å². The molecule has 11 heteroatoms. The van der Waals surface area contributed by atoms with Crippen molar-refractivity contribution in [2.75, 3.05) is 23.9 Å². The lowest BCUT2D eigenvalue weighted by Crippen LogP contribution is -2.28. The zero-order valence-corrected chi connectivity index (χ0v) is 28.2. The smallest absolute Gasteiger partial charge is 0.423 e. The molecular weight excluding hydrogens is 588 g/mol. The van der Waals surface area contributed by atoms with E-state index in [1.54, 1.807) is 18.3 Å². The number of para-hydroxylation sites is 1. The average Bonchev–Trinajstić information content (AvgIpc) is 3.68. The van der Waals surface area contributed by atoms with Crippen LogP contribution in [0.2, 0.25) is 0 Å². The van der Waals surface area contributed by atoms with Gasteiger partial charge in [0, 0.05) is 51.2 Å². The first-order chi connectivity index (χ1) is 22.3. The molecule has 0 unspecified atom stereocenters. The van der Waals surface area contributed by atoms with Gasteiger partial charge in [-0.05, 0) is 70.6 Å². The molecule has 9 nitrogen and oxygen atoms in total. The molecule has 0 fully saturated rings. The number of pyridine rings is 1. The molecule has 6 rings (SSSR count). The molecule has 3 heterocycles. The number of hydrogen-bond acceptors (Lipinski definition) is 9. The molecular formula is C36H49B2N5O4. The van der Waals surface area contributed by atoms with Crippen molar-refractivity contribution in [1.29, 1.82) is 10.5 Å². The van der Waals surface area contributed by atoms with Crippen molar-refractivity contribution in [3.05, 3.63) is 102 Å². The molecule has 47 heavy (non-hydrogen) atoms. The summed E-state index contributed by atoms with van der Waals surface area (Å²) in [5.74, 6) is 0.886. The fourth-order valence-electron chi connectivity index (χ4n) is 4.34. The maximum atomic E-state index is 9.59. The number of fused-ring (bicyclic) bond motifs is 2. The molecule has 0 radical (unpaired) electrons. The van der Waals surface area contributed by atoms with Crippen molar-refractivity contribution >= 4 is 48.0 Å². The first-order valence-corrected chi connectivity index (χ1v) is 15.2. The maximum absolute atomic E-state index is 9.59. The van der Waals surface area contributed by atoms with E-state index in [2.05, 4.69) is 28.1 Å². The van der Waals surface area contributed by atoms with Crippen molar-refractivity contribution < 1.29 is 19.4 Å². The van der Waals surface area contributed by atoms with Crippen molar-refractivity contribution in [3.8, 4) is 12.1 Å². The Labute approximate surface area is 282 Å². The molecule has 0 saturated carbocycles. The van der Waals surface area contributed by atoms with Crippen molar-refractivity contribution in [2.24, 2.45) is 0 Å². The summed E-state index contributed by atoms with van der Waals surface area (Å²) in [4.78, 5) is 8.43. The second kappa shape index (κ2) is 23.7. The van der Waals surface area contributed by atoms with Gasteiger partial charge < -0.3 is 29.2 Å². The van der Waals surface area contributed by atoms with Crippen LogP contribution in [0.1, 0.15) is 60.1 Å². The van der Waals surface area contributed by atoms with Gasteiger partial charge in [0.05, 0.1) is 25.4 Å². The molecule has 0 aliphatic carbocycles. The SMILES string of the molecule is C.CC.CC.CC#N.CC#N.CN(c1ccc2c(c1)COB2O)c1ccccn1.CN(c1ccccc1)c1ccc2c(c1)COB2O. The van der Waals surface area contributed by atoms with E-state index in [0.29, 0.717) is 13.2 Å². The van der Waals surface area contributed by atoms with Crippen LogP contribution in [-0.4, -0.2) is 43.4 Å². The van der Waals surface area contributed by atoms with Gasteiger partial charge in [0.2, 0.25) is 0 Å². The number of nitriles is 2. The zero-order chi connectivity index (χ0) is 34.5. The van der Waals surface area contributed by atoms with Crippen molar-refractivity contribution in [3.63, 3.8) is 0 Å². The first kappa shape index (κ1) is 42.4. The van der Waals surface area contributed by atoms with Gasteiger partial charge in [-0.15, -0.1) is 0 Å². The Morgan fingerprint density at radius 1 is 0.660 bits per heavy atom. The van der Waals surface area contributed by atoms with Gasteiger partial charge in [-0.25, -0.2) is 4.98 Å². The fraction of sp³-hybridized carbons (Fsp3) is 0.306. The molecule has 4 aromatic rings. The standard InChI is InChI=1S/C14H14BNO2.C13H13BN2O2.2C2H3N.2C2H6.CH4/c1-16(12-5-3-2-4-6-12)13-7-8-14-11(9-13)10-18-15(14)17;1-16(13-4-2-3-7-15-13)11-5-6-12-10(8-11)9-18-14(12)17;2*1-2-3;2*1-2;/h2-9,17H,10H2,1H3;2-8,17H,9H2,1H3;2*1H3;2*1-2H3;1H4. The van der Waals surface area contributed by atoms with Crippen LogP contribution in [0.3, 0.4) is 0 Å². The Morgan fingerprint density at radius 2 is 1.09 bits per heavy atom. The molecule has 0 atom stereocenters. The highest BCUT2D eigenvalue weighted by Crippen LogP contribution is 2.25. The Balaban J connectivity index is 0.000000697. The summed E-state index contributed by atoms with van der Waals surface area (Å²) in [5.41, 5.74) is 7.08. The Morgan fingerprint density at radius 3 is 1.51 bits per heavy atom. The Hall–Kier alpha value is -4.64. The quantitative estimate of drug-likeness (QED) is 0.242. The summed E-state index contributed by atoms with van der Waals surface area (Å²) in [7, 11) is 2.45. The van der Waals surface area contributed by atoms with Gasteiger partial charge in [0.15, 0.2) is 0 Å². The average molecular weight is 637 g/mol. The van der Waals surface area contributed by atoms with Crippen LogP contribution < -0.4 is 20.7 Å². The number of anilines is 4. The summed E-state index contributed by atoms with van der Waals surface area (Å²) in [6.45, 7) is 11.8. The van der Waals surface area contributed by atoms with Crippen LogP contribution in [0, 0.1) is 22.7 Å². The van der Waals surface area contributed by atoms with Crippen LogP contribution >= 0.6 is 0 Å². The highest BCUT2D eigenvalue weighted by Gasteiger charge is 2.28. The monoisotopic (exact) mass is 637 g/mol. The van der Waals surface area contributed by atoms with Gasteiger partial charge >= 0.3 is 14.2 Å². The van der Waals surface area contributed by atoms with Gasteiger partial charge in [-0.2, -0.15) is 10.5 Å². The molecule has 0 amide bonds. The summed E-state index contributed by atoms with van der Waals surface area (Å²) in [6.07, 6.45) is 1.77. The van der Waals surface area contributed by atoms with Crippen molar-refractivity contribution in [2.45, 2.75) is 62.2 Å². The minimum absolute atomic E-state index is 0. The van der Waals surface area contributed by atoms with Crippen LogP contribution in [0.5, 0.6) is 0 Å². The van der Waals surface area contributed by atoms with E-state index in [0.717, 1.165) is 44.9 Å². The normalized spacial score (nSPS) is 11.0. The van der Waals surface area contributed by atoms with Crippen LogP contribution in [0.15, 0.2) is 91.1 Å². The molecule has 0 bridgehead atoms. The summed E-state index contributed by atoms with van der Waals surface area (Å²) >= 11 is 0. The second-order valence-corrected chi connectivity index (χ2v) is 9.18. The predicted molar refractivity (Wildman–Crippen MR) is 196 cm³/mol. The summed E-state index contributed by atoms with van der Waals surface area (Å²) in [6, 6.07) is 31.4. The van der Waals surface area contributed by atoms with Crippen molar-refractivity contribution in [1.82, 2.24) is 4.98 Å². The third-order valence-corrected chi connectivity index (χ3v) is 6.49. The number of aromatic nitrogens is 1. The highest BCUT2D eigenvalue weighted by atomic mass is 16.5. The molecule has 3 aromatic carbocycles. The van der Waals surface area contributed by atoms with E-state index in [-0.39, 0.29) is 7.43 Å².